The Kier molecular flexibility index (Phi) is 7.68. The third-order valence-corrected chi connectivity index (χ3v) is 6.68. The van der Waals surface area contributed by atoms with Gasteiger partial charge in [0.2, 0.25) is 15.9 Å². The molecule has 3 aromatic rings. The molecule has 31 heavy (non-hydrogen) atoms. The van der Waals surface area contributed by atoms with Crippen molar-refractivity contribution in [3.8, 4) is 5.75 Å². The van der Waals surface area contributed by atoms with E-state index in [0.29, 0.717) is 5.02 Å². The zero-order valence-corrected chi connectivity index (χ0v) is 18.6. The summed E-state index contributed by atoms with van der Waals surface area (Å²) in [6.45, 7) is 0.0424. The molecule has 0 atom stereocenters. The van der Waals surface area contributed by atoms with Crippen LogP contribution >= 0.6 is 11.6 Å². The molecule has 0 aliphatic rings. The molecule has 6 nitrogen and oxygen atoms in total. The standard InChI is InChI=1S/C23H23ClN2O4S/c1-30-21-11-7-18(8-12-21)15-25-23(27)17-26(16-19-5-3-2-4-6-19)31(28,29)22-13-9-20(24)10-14-22/h2-14H,15-17H2,1H3,(H,25,27). The van der Waals surface area contributed by atoms with E-state index in [4.69, 9.17) is 16.3 Å². The van der Waals surface area contributed by atoms with E-state index in [1.54, 1.807) is 19.2 Å². The minimum Gasteiger partial charge on any atom is -0.497 e. The largest absolute Gasteiger partial charge is 0.497 e. The zero-order chi connectivity index (χ0) is 22.3. The minimum atomic E-state index is -3.91. The quantitative estimate of drug-likeness (QED) is 0.528. The summed E-state index contributed by atoms with van der Waals surface area (Å²) in [4.78, 5) is 12.7. The van der Waals surface area contributed by atoms with Gasteiger partial charge in [-0.3, -0.25) is 4.79 Å². The molecular weight excluding hydrogens is 436 g/mol. The molecule has 0 aromatic heterocycles. The lowest BCUT2D eigenvalue weighted by Gasteiger charge is -2.22. The van der Waals surface area contributed by atoms with E-state index >= 15 is 0 Å². The van der Waals surface area contributed by atoms with Crippen LogP contribution in [-0.2, 0) is 27.9 Å². The molecule has 0 radical (unpaired) electrons. The van der Waals surface area contributed by atoms with Gasteiger partial charge in [0.25, 0.3) is 0 Å². The van der Waals surface area contributed by atoms with Gasteiger partial charge in [0.05, 0.1) is 18.6 Å². The van der Waals surface area contributed by atoms with Crippen LogP contribution < -0.4 is 10.1 Å². The number of carbonyl (C=O) groups excluding carboxylic acids is 1. The maximum atomic E-state index is 13.2. The lowest BCUT2D eigenvalue weighted by molar-refractivity contribution is -0.121. The van der Waals surface area contributed by atoms with Crippen molar-refractivity contribution in [1.29, 1.82) is 0 Å². The summed E-state index contributed by atoms with van der Waals surface area (Å²) >= 11 is 5.89. The van der Waals surface area contributed by atoms with Crippen LogP contribution in [0, 0.1) is 0 Å². The summed E-state index contributed by atoms with van der Waals surface area (Å²) in [5.74, 6) is 0.322. The molecule has 0 aliphatic heterocycles. The van der Waals surface area contributed by atoms with Gasteiger partial charge in [-0.25, -0.2) is 8.42 Å². The molecule has 0 heterocycles. The highest BCUT2D eigenvalue weighted by molar-refractivity contribution is 7.89. The summed E-state index contributed by atoms with van der Waals surface area (Å²) in [5.41, 5.74) is 1.66. The van der Waals surface area contributed by atoms with Gasteiger partial charge >= 0.3 is 0 Å². The number of halogens is 1. The molecule has 0 spiro atoms. The Hall–Kier alpha value is -2.87. The molecule has 162 valence electrons. The van der Waals surface area contributed by atoms with Crippen LogP contribution in [0.1, 0.15) is 11.1 Å². The van der Waals surface area contributed by atoms with Crippen LogP contribution in [0.4, 0.5) is 0 Å². The smallest absolute Gasteiger partial charge is 0.243 e. The van der Waals surface area contributed by atoms with Crippen LogP contribution in [0.5, 0.6) is 5.75 Å². The average Bonchev–Trinajstić information content (AvgIpc) is 2.78. The van der Waals surface area contributed by atoms with Crippen LogP contribution in [-0.4, -0.2) is 32.3 Å². The molecule has 3 rings (SSSR count). The van der Waals surface area contributed by atoms with E-state index in [1.165, 1.54) is 24.3 Å². The van der Waals surface area contributed by atoms with Crippen molar-refractivity contribution in [2.45, 2.75) is 18.0 Å². The van der Waals surface area contributed by atoms with Gasteiger partial charge in [0.15, 0.2) is 0 Å². The minimum absolute atomic E-state index is 0.0712. The summed E-state index contributed by atoms with van der Waals surface area (Å²) < 4.78 is 32.7. The van der Waals surface area contributed by atoms with E-state index in [9.17, 15) is 13.2 Å². The lowest BCUT2D eigenvalue weighted by atomic mass is 10.2. The van der Waals surface area contributed by atoms with Crippen molar-refractivity contribution in [2.75, 3.05) is 13.7 Å². The lowest BCUT2D eigenvalue weighted by Crippen LogP contribution is -2.40. The Bertz CT molecular complexity index is 1100. The van der Waals surface area contributed by atoms with Gasteiger partial charge < -0.3 is 10.1 Å². The molecule has 1 N–H and O–H groups in total. The molecule has 0 bridgehead atoms. The van der Waals surface area contributed by atoms with Crippen LogP contribution in [0.3, 0.4) is 0 Å². The number of carbonyl (C=O) groups is 1. The molecule has 0 fully saturated rings. The highest BCUT2D eigenvalue weighted by Crippen LogP contribution is 2.20. The number of hydrogen-bond donors (Lipinski definition) is 1. The second-order valence-corrected chi connectivity index (χ2v) is 9.21. The molecule has 0 unspecified atom stereocenters. The number of nitrogens with one attached hydrogen (secondary N) is 1. The van der Waals surface area contributed by atoms with Gasteiger partial charge in [-0.15, -0.1) is 0 Å². The Morgan fingerprint density at radius 1 is 0.935 bits per heavy atom. The number of sulfonamides is 1. The predicted molar refractivity (Wildman–Crippen MR) is 120 cm³/mol. The number of methoxy groups -OCH3 is 1. The van der Waals surface area contributed by atoms with Crippen molar-refractivity contribution < 1.29 is 17.9 Å². The topological polar surface area (TPSA) is 75.7 Å². The van der Waals surface area contributed by atoms with E-state index in [-0.39, 0.29) is 24.5 Å². The summed E-state index contributed by atoms with van der Waals surface area (Å²) in [7, 11) is -2.32. The molecule has 1 amide bonds. The number of ether oxygens (including phenoxy) is 1. The van der Waals surface area contributed by atoms with E-state index < -0.39 is 15.9 Å². The fraction of sp³-hybridized carbons (Fsp3) is 0.174. The van der Waals surface area contributed by atoms with Gasteiger partial charge in [0, 0.05) is 18.1 Å². The van der Waals surface area contributed by atoms with E-state index in [1.807, 2.05) is 42.5 Å². The second-order valence-electron chi connectivity index (χ2n) is 6.84. The molecular formula is C23H23ClN2O4S. The first-order valence-electron chi connectivity index (χ1n) is 9.58. The van der Waals surface area contributed by atoms with Gasteiger partial charge in [0.1, 0.15) is 5.75 Å². The number of benzene rings is 3. The Balaban J connectivity index is 1.75. The van der Waals surface area contributed by atoms with Crippen LogP contribution in [0.2, 0.25) is 5.02 Å². The number of hydrogen-bond acceptors (Lipinski definition) is 4. The monoisotopic (exact) mass is 458 g/mol. The average molecular weight is 459 g/mol. The molecule has 0 saturated carbocycles. The first-order chi connectivity index (χ1) is 14.9. The van der Waals surface area contributed by atoms with Crippen molar-refractivity contribution in [3.05, 3.63) is 95.0 Å². The second kappa shape index (κ2) is 10.4. The van der Waals surface area contributed by atoms with Crippen molar-refractivity contribution in [3.63, 3.8) is 0 Å². The van der Waals surface area contributed by atoms with E-state index in [0.717, 1.165) is 21.2 Å². The van der Waals surface area contributed by atoms with Gasteiger partial charge in [-0.2, -0.15) is 4.31 Å². The Morgan fingerprint density at radius 2 is 1.58 bits per heavy atom. The third kappa shape index (κ3) is 6.30. The predicted octanol–water partition coefficient (Wildman–Crippen LogP) is 3.86. The maximum absolute atomic E-state index is 13.2. The van der Waals surface area contributed by atoms with Gasteiger partial charge in [-0.05, 0) is 47.5 Å². The fourth-order valence-corrected chi connectivity index (χ4v) is 4.44. The molecule has 0 saturated heterocycles. The maximum Gasteiger partial charge on any atom is 0.243 e. The van der Waals surface area contributed by atoms with Crippen LogP contribution in [0.15, 0.2) is 83.8 Å². The molecule has 8 heteroatoms. The number of nitrogens with zero attached hydrogens (tertiary/aromatic N) is 1. The summed E-state index contributed by atoms with van der Waals surface area (Å²) in [5, 5.41) is 3.21. The zero-order valence-electron chi connectivity index (χ0n) is 17.0. The highest BCUT2D eigenvalue weighted by Gasteiger charge is 2.27. The Labute approximate surface area is 187 Å². The highest BCUT2D eigenvalue weighted by atomic mass is 35.5. The Morgan fingerprint density at radius 3 is 2.19 bits per heavy atom. The number of amides is 1. The third-order valence-electron chi connectivity index (χ3n) is 4.62. The van der Waals surface area contributed by atoms with E-state index in [2.05, 4.69) is 5.32 Å². The van der Waals surface area contributed by atoms with Crippen LogP contribution in [0.25, 0.3) is 0 Å². The first-order valence-corrected chi connectivity index (χ1v) is 11.4. The van der Waals surface area contributed by atoms with Gasteiger partial charge in [-0.1, -0.05) is 54.1 Å². The van der Waals surface area contributed by atoms with Crippen molar-refractivity contribution >= 4 is 27.5 Å². The summed E-state index contributed by atoms with van der Waals surface area (Å²) in [6, 6.07) is 22.3. The molecule has 0 aliphatic carbocycles. The number of rotatable bonds is 9. The fourth-order valence-electron chi connectivity index (χ4n) is 2.93. The SMILES string of the molecule is COc1ccc(CNC(=O)CN(Cc2ccccc2)S(=O)(=O)c2ccc(Cl)cc2)cc1. The molecule has 3 aromatic carbocycles. The van der Waals surface area contributed by atoms with Crippen molar-refractivity contribution in [2.24, 2.45) is 0 Å². The first kappa shape index (κ1) is 22.8. The normalized spacial score (nSPS) is 11.3. The van der Waals surface area contributed by atoms with Crippen molar-refractivity contribution in [1.82, 2.24) is 9.62 Å². The summed E-state index contributed by atoms with van der Waals surface area (Å²) in [6.07, 6.45) is 0.